The first-order valence-corrected chi connectivity index (χ1v) is 7.44. The van der Waals surface area contributed by atoms with Gasteiger partial charge in [0.1, 0.15) is 17.1 Å². The second kappa shape index (κ2) is 4.55. The molecule has 4 rings (SSSR count). The lowest BCUT2D eigenvalue weighted by Crippen LogP contribution is -2.66. The van der Waals surface area contributed by atoms with Crippen molar-refractivity contribution in [2.45, 2.75) is 13.3 Å². The quantitative estimate of drug-likeness (QED) is 0.900. The number of nitrogens with zero attached hydrogens (tertiary/aromatic N) is 3. The zero-order chi connectivity index (χ0) is 15.3. The Morgan fingerprint density at radius 3 is 2.82 bits per heavy atom. The Hall–Kier alpha value is -2.39. The highest BCUT2D eigenvalue weighted by Crippen LogP contribution is 2.42. The maximum Gasteiger partial charge on any atom is 0.268 e. The summed E-state index contributed by atoms with van der Waals surface area (Å²) in [6.07, 6.45) is 0.814. The molecular formula is C16H16N4O2. The lowest BCUT2D eigenvalue weighted by atomic mass is 9.77. The maximum absolute atomic E-state index is 12.2. The summed E-state index contributed by atoms with van der Waals surface area (Å²) in [6, 6.07) is 5.83. The van der Waals surface area contributed by atoms with Crippen LogP contribution in [0, 0.1) is 16.7 Å². The molecule has 0 atom stereocenters. The molecule has 112 valence electrons. The molecule has 0 amide bonds. The molecule has 0 aliphatic carbocycles. The first-order chi connectivity index (χ1) is 10.7. The fourth-order valence-corrected chi connectivity index (χ4v) is 3.30. The number of aromatic amines is 1. The van der Waals surface area contributed by atoms with Crippen LogP contribution in [0.5, 0.6) is 0 Å². The Bertz CT molecular complexity index is 853. The van der Waals surface area contributed by atoms with Crippen LogP contribution in [0.2, 0.25) is 0 Å². The molecule has 0 unspecified atom stereocenters. The summed E-state index contributed by atoms with van der Waals surface area (Å²) >= 11 is 0. The molecule has 22 heavy (non-hydrogen) atoms. The molecular weight excluding hydrogens is 280 g/mol. The highest BCUT2D eigenvalue weighted by molar-refractivity contribution is 5.91. The number of H-pyrrole nitrogens is 1. The molecule has 1 N–H and O–H groups in total. The fourth-order valence-electron chi connectivity index (χ4n) is 3.30. The average molecular weight is 296 g/mol. The average Bonchev–Trinajstić information content (AvgIpc) is 2.43. The molecule has 4 heterocycles. The minimum atomic E-state index is -0.346. The Morgan fingerprint density at radius 1 is 1.45 bits per heavy atom. The van der Waals surface area contributed by atoms with Gasteiger partial charge in [-0.15, -0.1) is 0 Å². The van der Waals surface area contributed by atoms with Gasteiger partial charge in [0.15, 0.2) is 0 Å². The number of hydrogen-bond acceptors (Lipinski definition) is 5. The van der Waals surface area contributed by atoms with Gasteiger partial charge < -0.3 is 14.6 Å². The molecule has 1 spiro atoms. The lowest BCUT2D eigenvalue weighted by molar-refractivity contribution is -0.126. The monoisotopic (exact) mass is 296 g/mol. The Balaban J connectivity index is 1.89. The molecule has 2 aromatic rings. The summed E-state index contributed by atoms with van der Waals surface area (Å²) < 4.78 is 5.29. The fraction of sp³-hybridized carbons (Fsp3) is 0.438. The molecule has 2 saturated heterocycles. The standard InChI is InChI=1S/C16H16N4O2/c1-2-10-3-4-12-13(18-10)14(11(5-17)15(21)19-12)20-6-16(7-20)8-22-9-16/h3-4H,2,6-9H2,1H3,(H,19,21). The summed E-state index contributed by atoms with van der Waals surface area (Å²) in [5, 5.41) is 9.41. The third-order valence-corrected chi connectivity index (χ3v) is 4.55. The van der Waals surface area contributed by atoms with Crippen molar-refractivity contribution < 1.29 is 4.74 Å². The van der Waals surface area contributed by atoms with Gasteiger partial charge in [-0.25, -0.2) is 4.98 Å². The van der Waals surface area contributed by atoms with Gasteiger partial charge in [0.05, 0.1) is 29.8 Å². The minimum absolute atomic E-state index is 0.156. The van der Waals surface area contributed by atoms with Crippen LogP contribution in [-0.4, -0.2) is 36.3 Å². The molecule has 0 bridgehead atoms. The number of nitriles is 1. The Labute approximate surface area is 127 Å². The SMILES string of the molecule is CCc1ccc2[nH]c(=O)c(C#N)c(N3CC4(COC4)C3)c2n1. The van der Waals surface area contributed by atoms with E-state index in [1.165, 1.54) is 0 Å². The predicted molar refractivity (Wildman–Crippen MR) is 81.9 cm³/mol. The molecule has 2 aromatic heterocycles. The third-order valence-electron chi connectivity index (χ3n) is 4.55. The van der Waals surface area contributed by atoms with Gasteiger partial charge >= 0.3 is 0 Å². The van der Waals surface area contributed by atoms with Gasteiger partial charge in [-0.05, 0) is 18.6 Å². The van der Waals surface area contributed by atoms with E-state index in [0.29, 0.717) is 16.7 Å². The molecule has 0 aromatic carbocycles. The first kappa shape index (κ1) is 13.3. The van der Waals surface area contributed by atoms with Crippen molar-refractivity contribution in [1.82, 2.24) is 9.97 Å². The van der Waals surface area contributed by atoms with Gasteiger partial charge in [0.25, 0.3) is 5.56 Å². The van der Waals surface area contributed by atoms with E-state index in [1.807, 2.05) is 25.1 Å². The van der Waals surface area contributed by atoms with E-state index < -0.39 is 0 Å². The molecule has 6 nitrogen and oxygen atoms in total. The van der Waals surface area contributed by atoms with Crippen LogP contribution < -0.4 is 10.5 Å². The molecule has 0 saturated carbocycles. The van der Waals surface area contributed by atoms with Crippen LogP contribution in [0.3, 0.4) is 0 Å². The predicted octanol–water partition coefficient (Wildman–Crippen LogP) is 1.19. The van der Waals surface area contributed by atoms with Gasteiger partial charge in [0.2, 0.25) is 0 Å². The number of anilines is 1. The van der Waals surface area contributed by atoms with E-state index in [2.05, 4.69) is 14.9 Å². The van der Waals surface area contributed by atoms with Crippen molar-refractivity contribution in [2.75, 3.05) is 31.2 Å². The first-order valence-electron chi connectivity index (χ1n) is 7.44. The van der Waals surface area contributed by atoms with E-state index >= 15 is 0 Å². The molecule has 2 fully saturated rings. The second-order valence-electron chi connectivity index (χ2n) is 6.19. The van der Waals surface area contributed by atoms with Crippen LogP contribution >= 0.6 is 0 Å². The third kappa shape index (κ3) is 1.76. The lowest BCUT2D eigenvalue weighted by Gasteiger charge is -2.56. The molecule has 0 radical (unpaired) electrons. The topological polar surface area (TPSA) is 82.0 Å². The van der Waals surface area contributed by atoms with Crippen molar-refractivity contribution in [3.05, 3.63) is 33.7 Å². The second-order valence-corrected chi connectivity index (χ2v) is 6.19. The van der Waals surface area contributed by atoms with E-state index in [4.69, 9.17) is 4.74 Å². The van der Waals surface area contributed by atoms with Crippen LogP contribution in [-0.2, 0) is 11.2 Å². The zero-order valence-electron chi connectivity index (χ0n) is 12.3. The van der Waals surface area contributed by atoms with Gasteiger partial charge in [-0.3, -0.25) is 4.79 Å². The number of hydrogen-bond donors (Lipinski definition) is 1. The largest absolute Gasteiger partial charge is 0.380 e. The highest BCUT2D eigenvalue weighted by Gasteiger charge is 2.50. The minimum Gasteiger partial charge on any atom is -0.380 e. The van der Waals surface area contributed by atoms with Gasteiger partial charge in [0, 0.05) is 18.8 Å². The van der Waals surface area contributed by atoms with Crippen molar-refractivity contribution >= 4 is 16.7 Å². The number of rotatable bonds is 2. The number of pyridine rings is 2. The Morgan fingerprint density at radius 2 is 2.23 bits per heavy atom. The van der Waals surface area contributed by atoms with Crippen LogP contribution in [0.4, 0.5) is 5.69 Å². The summed E-state index contributed by atoms with van der Waals surface area (Å²) in [7, 11) is 0. The van der Waals surface area contributed by atoms with Crippen molar-refractivity contribution in [2.24, 2.45) is 5.41 Å². The molecule has 2 aliphatic heterocycles. The number of nitrogens with one attached hydrogen (secondary N) is 1. The molecule has 6 heteroatoms. The summed E-state index contributed by atoms with van der Waals surface area (Å²) in [5.74, 6) is 0. The smallest absolute Gasteiger partial charge is 0.268 e. The number of ether oxygens (including phenoxy) is 1. The van der Waals surface area contributed by atoms with Crippen LogP contribution in [0.1, 0.15) is 18.2 Å². The maximum atomic E-state index is 12.2. The summed E-state index contributed by atoms with van der Waals surface area (Å²) in [5.41, 5.74) is 3.04. The number of aromatic nitrogens is 2. The van der Waals surface area contributed by atoms with Crippen LogP contribution in [0.15, 0.2) is 16.9 Å². The zero-order valence-corrected chi connectivity index (χ0v) is 12.3. The normalized spacial score (nSPS) is 18.8. The Kier molecular flexibility index (Phi) is 2.75. The highest BCUT2D eigenvalue weighted by atomic mass is 16.5. The van der Waals surface area contributed by atoms with E-state index in [9.17, 15) is 10.1 Å². The number of fused-ring (bicyclic) bond motifs is 1. The van der Waals surface area contributed by atoms with Crippen LogP contribution in [0.25, 0.3) is 11.0 Å². The van der Waals surface area contributed by atoms with Gasteiger partial charge in [-0.1, -0.05) is 6.92 Å². The van der Waals surface area contributed by atoms with E-state index in [1.54, 1.807) is 0 Å². The van der Waals surface area contributed by atoms with Crippen molar-refractivity contribution in [3.8, 4) is 6.07 Å². The van der Waals surface area contributed by atoms with E-state index in [-0.39, 0.29) is 16.5 Å². The van der Waals surface area contributed by atoms with Crippen molar-refractivity contribution in [1.29, 1.82) is 5.26 Å². The van der Waals surface area contributed by atoms with E-state index in [0.717, 1.165) is 38.4 Å². The summed E-state index contributed by atoms with van der Waals surface area (Å²) in [4.78, 5) is 21.7. The molecule has 2 aliphatic rings. The summed E-state index contributed by atoms with van der Waals surface area (Å²) in [6.45, 7) is 5.20. The van der Waals surface area contributed by atoms with Crippen molar-refractivity contribution in [3.63, 3.8) is 0 Å². The number of aryl methyl sites for hydroxylation is 1. The van der Waals surface area contributed by atoms with Gasteiger partial charge in [-0.2, -0.15) is 5.26 Å².